The van der Waals surface area contributed by atoms with Gasteiger partial charge in [0, 0.05) is 21.6 Å². The van der Waals surface area contributed by atoms with E-state index in [1.807, 2.05) is 0 Å². The molecule has 0 amide bonds. The normalized spacial score (nSPS) is 12.1. The number of rotatable bonds is 9. The Hall–Kier alpha value is -4.54. The van der Waals surface area contributed by atoms with E-state index in [9.17, 15) is 43.2 Å². The zero-order valence-corrected chi connectivity index (χ0v) is 30.4. The summed E-state index contributed by atoms with van der Waals surface area (Å²) in [7, 11) is -13.4. The van der Waals surface area contributed by atoms with Crippen molar-refractivity contribution in [3.63, 3.8) is 0 Å². The lowest BCUT2D eigenvalue weighted by molar-refractivity contribution is -0.0444. The summed E-state index contributed by atoms with van der Waals surface area (Å²) < 4.78 is 109. The predicted octanol–water partition coefficient (Wildman–Crippen LogP) is 11.1. The molecule has 0 aliphatic heterocycles. The van der Waals surface area contributed by atoms with Crippen LogP contribution >= 0.6 is 11.8 Å². The first-order valence-electron chi connectivity index (χ1n) is 15.3. The van der Waals surface area contributed by atoms with Crippen molar-refractivity contribution in [2.45, 2.75) is 30.6 Å². The topological polar surface area (TPSA) is 82.4 Å². The molecule has 0 fully saturated rings. The van der Waals surface area contributed by atoms with Crippen molar-refractivity contribution in [2.75, 3.05) is 0 Å². The van der Waals surface area contributed by atoms with Crippen LogP contribution in [0.15, 0.2) is 177 Å². The molecule has 5 nitrogen and oxygen atoms in total. The standard InChI is InChI=1S/C36H26S2.C2F6NO4S2/c1-3-9-27(10-4-1)28-15-19-31(20-16-28)37-33-23-25-34(26-24-33)38-32-21-17-30(18-22-32)36-14-8-7-13-35(36)29-11-5-2-6-12-29;3-1(4,5)14(10,11)9-15(12,13)2(6,7)8/h1-26H;/q;-1/p+1. The Morgan fingerprint density at radius 2 is 0.736 bits per heavy atom. The monoisotopic (exact) mass is 803 g/mol. The number of thiol groups is 1. The summed E-state index contributed by atoms with van der Waals surface area (Å²) in [6.45, 7) is 0. The van der Waals surface area contributed by atoms with Crippen molar-refractivity contribution >= 4 is 43.6 Å². The van der Waals surface area contributed by atoms with Gasteiger partial charge >= 0.3 is 11.0 Å². The minimum absolute atomic E-state index is 0.778. The highest BCUT2D eigenvalue weighted by molar-refractivity contribution is 8.13. The maximum absolute atomic E-state index is 11.4. The Kier molecular flexibility index (Phi) is 12.5. The van der Waals surface area contributed by atoms with Crippen molar-refractivity contribution in [3.8, 4) is 33.4 Å². The maximum atomic E-state index is 11.4. The highest BCUT2D eigenvalue weighted by Gasteiger charge is 2.47. The van der Waals surface area contributed by atoms with Gasteiger partial charge in [-0.2, -0.15) is 26.3 Å². The summed E-state index contributed by atoms with van der Waals surface area (Å²) in [4.78, 5) is 5.10. The van der Waals surface area contributed by atoms with Crippen LogP contribution < -0.4 is 0 Å². The summed E-state index contributed by atoms with van der Waals surface area (Å²) >= 11 is 3.02. The van der Waals surface area contributed by atoms with Gasteiger partial charge in [-0.05, 0) is 94.0 Å². The smallest absolute Gasteiger partial charge is 0.421 e. The van der Waals surface area contributed by atoms with Crippen molar-refractivity contribution in [1.82, 2.24) is 0 Å². The number of nitrogens with zero attached hydrogens (tertiary/aromatic N) is 1. The third-order valence-corrected chi connectivity index (χ3v) is 12.1. The fourth-order valence-electron chi connectivity index (χ4n) is 4.75. The molecule has 6 rings (SSSR count). The van der Waals surface area contributed by atoms with Crippen LogP contribution in [-0.2, 0) is 31.8 Å². The molecule has 0 aliphatic carbocycles. The average molecular weight is 804 g/mol. The van der Waals surface area contributed by atoms with Crippen molar-refractivity contribution < 1.29 is 43.2 Å². The van der Waals surface area contributed by atoms with Gasteiger partial charge in [-0.3, -0.25) is 0 Å². The van der Waals surface area contributed by atoms with E-state index in [2.05, 4.69) is 158 Å². The van der Waals surface area contributed by atoms with Gasteiger partial charge in [-0.25, -0.2) is 16.8 Å². The molecule has 53 heavy (non-hydrogen) atoms. The lowest BCUT2D eigenvalue weighted by atomic mass is 9.95. The Balaban J connectivity index is 0.000000307. The molecule has 0 saturated heterocycles. The molecule has 15 heteroatoms. The van der Waals surface area contributed by atoms with Gasteiger partial charge in [-0.1, -0.05) is 109 Å². The van der Waals surface area contributed by atoms with Crippen LogP contribution in [0.4, 0.5) is 26.3 Å². The zero-order valence-electron chi connectivity index (χ0n) is 27.0. The number of hydrogen-bond acceptors (Lipinski definition) is 5. The lowest BCUT2D eigenvalue weighted by Crippen LogP contribution is -2.30. The number of sulfonamides is 2. The van der Waals surface area contributed by atoms with Gasteiger partial charge in [0.2, 0.25) is 0 Å². The summed E-state index contributed by atoms with van der Waals surface area (Å²) in [5.41, 5.74) is -4.89. The molecule has 274 valence electrons. The Bertz CT molecular complexity index is 2300. The minimum Gasteiger partial charge on any atom is -0.421 e. The number of hydrogen-bond donors (Lipinski definition) is 0. The lowest BCUT2D eigenvalue weighted by Gasteiger charge is -2.22. The predicted molar refractivity (Wildman–Crippen MR) is 198 cm³/mol. The van der Waals surface area contributed by atoms with Crippen LogP contribution in [-0.4, -0.2) is 27.9 Å². The molecule has 0 aromatic heterocycles. The van der Waals surface area contributed by atoms with E-state index >= 15 is 0 Å². The first kappa shape index (κ1) is 39.7. The van der Waals surface area contributed by atoms with Crippen LogP contribution in [0.2, 0.25) is 0 Å². The molecule has 0 spiro atoms. The SMILES string of the molecule is O=S(=O)([N-]S(=O)(=O)C(F)(F)F)C(F)(F)F.c1ccc(-c2ccc(Sc3ccc([SH+]c4ccc(-c5ccccc5-c5ccccc5)cc4)cc3)cc2)cc1. The highest BCUT2D eigenvalue weighted by atomic mass is 32.3. The maximum Gasteiger partial charge on any atom is 0.480 e. The van der Waals surface area contributed by atoms with E-state index in [1.165, 1.54) is 64.7 Å². The Labute approximate surface area is 311 Å². The summed E-state index contributed by atoms with van der Waals surface area (Å²) in [5, 5.41) is 0. The molecule has 0 aliphatic rings. The van der Waals surface area contributed by atoms with Crippen molar-refractivity contribution in [3.05, 3.63) is 162 Å². The molecule has 0 atom stereocenters. The number of alkyl halides is 6. The van der Waals surface area contributed by atoms with Crippen molar-refractivity contribution in [1.29, 1.82) is 0 Å². The molecular weight excluding hydrogens is 777 g/mol. The summed E-state index contributed by atoms with van der Waals surface area (Å²) in [6.07, 6.45) is 0. The van der Waals surface area contributed by atoms with E-state index in [1.54, 1.807) is 11.8 Å². The Morgan fingerprint density at radius 1 is 0.415 bits per heavy atom. The second-order valence-corrected chi connectivity index (χ2v) is 16.8. The van der Waals surface area contributed by atoms with Gasteiger partial charge in [-0.15, -0.1) is 0 Å². The van der Waals surface area contributed by atoms with E-state index in [0.29, 0.717) is 0 Å². The van der Waals surface area contributed by atoms with Gasteiger partial charge in [0.1, 0.15) is 0 Å². The third kappa shape index (κ3) is 10.5. The Morgan fingerprint density at radius 3 is 1.17 bits per heavy atom. The van der Waals surface area contributed by atoms with Crippen LogP contribution in [0.5, 0.6) is 0 Å². The molecule has 0 bridgehead atoms. The van der Waals surface area contributed by atoms with E-state index in [-0.39, 0.29) is 0 Å². The van der Waals surface area contributed by atoms with Crippen LogP contribution in [0.3, 0.4) is 0 Å². The average Bonchev–Trinajstić information content (AvgIpc) is 3.13. The van der Waals surface area contributed by atoms with Gasteiger partial charge in [0.05, 0.1) is 0 Å². The van der Waals surface area contributed by atoms with Crippen molar-refractivity contribution in [2.24, 2.45) is 0 Å². The first-order chi connectivity index (χ1) is 25.0. The molecule has 6 aromatic carbocycles. The molecule has 6 aromatic rings. The van der Waals surface area contributed by atoms with E-state index in [4.69, 9.17) is 0 Å². The molecule has 0 radical (unpaired) electrons. The number of halogens is 6. The molecule has 0 N–H and O–H groups in total. The van der Waals surface area contributed by atoms with Gasteiger partial charge < -0.3 is 4.13 Å². The number of benzene rings is 6. The summed E-state index contributed by atoms with van der Waals surface area (Å²) in [6, 6.07) is 56.5. The molecule has 0 saturated carbocycles. The fraction of sp³-hybridized carbons (Fsp3) is 0.0526. The zero-order chi connectivity index (χ0) is 38.3. The van der Waals surface area contributed by atoms with Gasteiger partial charge in [0.15, 0.2) is 29.8 Å². The van der Waals surface area contributed by atoms with Gasteiger partial charge in [0.25, 0.3) is 0 Å². The van der Waals surface area contributed by atoms with E-state index < -0.39 is 31.1 Å². The highest BCUT2D eigenvalue weighted by Crippen LogP contribution is 2.37. The van der Waals surface area contributed by atoms with Crippen LogP contribution in [0, 0.1) is 0 Å². The molecular formula is C38H27F6NO4S4. The molecule has 0 heterocycles. The summed E-state index contributed by atoms with van der Waals surface area (Å²) in [5.74, 6) is 0. The van der Waals surface area contributed by atoms with Crippen LogP contribution in [0.25, 0.3) is 37.5 Å². The minimum atomic E-state index is -6.72. The molecule has 0 unspecified atom stereocenters. The van der Waals surface area contributed by atoms with E-state index in [0.717, 1.165) is 4.13 Å². The first-order valence-corrected chi connectivity index (χ1v) is 19.9. The second-order valence-electron chi connectivity index (χ2n) is 11.0. The fourth-order valence-corrected chi connectivity index (χ4v) is 8.17. The second kappa shape index (κ2) is 16.6. The largest absolute Gasteiger partial charge is 0.480 e. The quantitative estimate of drug-likeness (QED) is 0.0826. The third-order valence-electron chi connectivity index (χ3n) is 7.26. The van der Waals surface area contributed by atoms with Crippen LogP contribution in [0.1, 0.15) is 0 Å².